The number of hydrogen-bond donors (Lipinski definition) is 3. The number of carbonyl (C=O) groups excluding carboxylic acids is 1. The van der Waals surface area contributed by atoms with E-state index in [4.69, 9.17) is 10.00 Å². The number of methoxy groups -OCH3 is 1. The van der Waals surface area contributed by atoms with E-state index in [-0.39, 0.29) is 18.0 Å². The number of aromatic amines is 1. The van der Waals surface area contributed by atoms with Gasteiger partial charge < -0.3 is 19.9 Å². The fraction of sp³-hybridized carbons (Fsp3) is 0.238. The Hall–Kier alpha value is -3.54. The van der Waals surface area contributed by atoms with Crippen molar-refractivity contribution in [1.29, 1.82) is 5.26 Å². The first-order valence-corrected chi connectivity index (χ1v) is 9.19. The standard InChI is InChI=1S/C21H21N5O3/c1-29-11-10-26(14-20(27)23-16-8-6-15(12-22)7-9-16)13-19-24-18-5-3-2-4-17(18)21(28)25-19/h2-9H,10-11,13-14H2,1H3,(H,23,27)(H,24,25,28)/p+1. The minimum absolute atomic E-state index is 0.177. The van der Waals surface area contributed by atoms with Crippen LogP contribution in [0, 0.1) is 11.3 Å². The van der Waals surface area contributed by atoms with Crippen molar-refractivity contribution in [2.24, 2.45) is 0 Å². The maximum atomic E-state index is 12.5. The van der Waals surface area contributed by atoms with Crippen molar-refractivity contribution < 1.29 is 14.4 Å². The average molecular weight is 392 g/mol. The van der Waals surface area contributed by atoms with Gasteiger partial charge in [0.1, 0.15) is 13.1 Å². The van der Waals surface area contributed by atoms with Gasteiger partial charge in [-0.2, -0.15) is 5.26 Å². The van der Waals surface area contributed by atoms with Crippen molar-refractivity contribution in [2.75, 3.05) is 32.1 Å². The van der Waals surface area contributed by atoms with Crippen LogP contribution in [0.2, 0.25) is 0 Å². The first-order valence-electron chi connectivity index (χ1n) is 9.19. The number of hydrogen-bond acceptors (Lipinski definition) is 5. The van der Waals surface area contributed by atoms with Crippen LogP contribution in [0.25, 0.3) is 10.9 Å². The van der Waals surface area contributed by atoms with Gasteiger partial charge in [-0.1, -0.05) is 12.1 Å². The van der Waals surface area contributed by atoms with Crippen LogP contribution in [0.5, 0.6) is 0 Å². The highest BCUT2D eigenvalue weighted by molar-refractivity contribution is 5.91. The molecule has 0 aliphatic rings. The average Bonchev–Trinajstić information content (AvgIpc) is 2.72. The Bertz CT molecular complexity index is 1090. The maximum Gasteiger partial charge on any atom is 0.279 e. The number of quaternary nitrogens is 1. The number of amides is 1. The summed E-state index contributed by atoms with van der Waals surface area (Å²) in [5.41, 5.74) is 1.58. The van der Waals surface area contributed by atoms with Crippen LogP contribution in [0.3, 0.4) is 0 Å². The summed E-state index contributed by atoms with van der Waals surface area (Å²) in [6.45, 7) is 1.61. The van der Waals surface area contributed by atoms with E-state index in [9.17, 15) is 9.59 Å². The molecule has 29 heavy (non-hydrogen) atoms. The summed E-state index contributed by atoms with van der Waals surface area (Å²) in [4.78, 5) is 33.0. The lowest BCUT2D eigenvalue weighted by molar-refractivity contribution is -0.906. The zero-order valence-corrected chi connectivity index (χ0v) is 16.1. The Balaban J connectivity index is 1.71. The van der Waals surface area contributed by atoms with Gasteiger partial charge in [-0.3, -0.25) is 9.59 Å². The molecule has 1 unspecified atom stereocenters. The monoisotopic (exact) mass is 392 g/mol. The van der Waals surface area contributed by atoms with Crippen LogP contribution in [0.1, 0.15) is 11.4 Å². The summed E-state index contributed by atoms with van der Waals surface area (Å²) >= 11 is 0. The summed E-state index contributed by atoms with van der Waals surface area (Å²) in [5, 5.41) is 12.2. The van der Waals surface area contributed by atoms with Crippen molar-refractivity contribution in [3.05, 3.63) is 70.3 Å². The minimum Gasteiger partial charge on any atom is -0.379 e. The van der Waals surface area contributed by atoms with Crippen molar-refractivity contribution >= 4 is 22.5 Å². The summed E-state index contributed by atoms with van der Waals surface area (Å²) in [5.74, 6) is 0.343. The Kier molecular flexibility index (Phi) is 6.68. The van der Waals surface area contributed by atoms with Gasteiger partial charge in [-0.15, -0.1) is 0 Å². The van der Waals surface area contributed by atoms with Gasteiger partial charge in [0.15, 0.2) is 12.4 Å². The van der Waals surface area contributed by atoms with Gasteiger partial charge in [-0.05, 0) is 36.4 Å². The number of para-hydroxylation sites is 1. The van der Waals surface area contributed by atoms with Gasteiger partial charge in [-0.25, -0.2) is 4.98 Å². The molecule has 0 fully saturated rings. The second kappa shape index (κ2) is 9.59. The molecule has 0 saturated carbocycles. The number of carbonyl (C=O) groups is 1. The number of anilines is 1. The lowest BCUT2D eigenvalue weighted by Crippen LogP contribution is -3.12. The number of ether oxygens (including phenoxy) is 1. The first kappa shape index (κ1) is 20.2. The predicted octanol–water partition coefficient (Wildman–Crippen LogP) is 0.465. The summed E-state index contributed by atoms with van der Waals surface area (Å²) in [6, 6.07) is 15.9. The second-order valence-electron chi connectivity index (χ2n) is 6.61. The lowest BCUT2D eigenvalue weighted by Gasteiger charge is -2.18. The van der Waals surface area contributed by atoms with E-state index >= 15 is 0 Å². The molecular weight excluding hydrogens is 370 g/mol. The topological polar surface area (TPSA) is 112 Å². The second-order valence-corrected chi connectivity index (χ2v) is 6.61. The van der Waals surface area contributed by atoms with Gasteiger partial charge in [0.2, 0.25) is 0 Å². The van der Waals surface area contributed by atoms with E-state index in [0.717, 1.165) is 4.90 Å². The maximum absolute atomic E-state index is 12.5. The molecule has 0 spiro atoms. The molecule has 1 heterocycles. The highest BCUT2D eigenvalue weighted by Gasteiger charge is 2.17. The van der Waals surface area contributed by atoms with Crippen molar-refractivity contribution in [1.82, 2.24) is 9.97 Å². The molecule has 0 bridgehead atoms. The molecular formula is C21H22N5O3+. The summed E-state index contributed by atoms with van der Waals surface area (Å²) < 4.78 is 5.15. The van der Waals surface area contributed by atoms with Crippen LogP contribution in [-0.4, -0.2) is 42.7 Å². The summed E-state index contributed by atoms with van der Waals surface area (Å²) in [6.07, 6.45) is 0. The fourth-order valence-corrected chi connectivity index (χ4v) is 3.00. The first-order chi connectivity index (χ1) is 14.1. The largest absolute Gasteiger partial charge is 0.379 e. The number of fused-ring (bicyclic) bond motifs is 1. The molecule has 0 aliphatic carbocycles. The van der Waals surface area contributed by atoms with Gasteiger partial charge in [0, 0.05) is 12.8 Å². The van der Waals surface area contributed by atoms with Crippen LogP contribution in [-0.2, 0) is 16.1 Å². The summed E-state index contributed by atoms with van der Waals surface area (Å²) in [7, 11) is 1.60. The van der Waals surface area contributed by atoms with E-state index < -0.39 is 0 Å². The highest BCUT2D eigenvalue weighted by atomic mass is 16.5. The molecule has 2 aromatic carbocycles. The third kappa shape index (κ3) is 5.48. The zero-order chi connectivity index (χ0) is 20.6. The number of aromatic nitrogens is 2. The van der Waals surface area contributed by atoms with Gasteiger partial charge >= 0.3 is 0 Å². The van der Waals surface area contributed by atoms with Gasteiger partial charge in [0.25, 0.3) is 11.5 Å². The van der Waals surface area contributed by atoms with E-state index in [2.05, 4.69) is 15.3 Å². The molecule has 3 aromatic rings. The molecule has 0 aliphatic heterocycles. The molecule has 0 radical (unpaired) electrons. The minimum atomic E-state index is -0.196. The van der Waals surface area contributed by atoms with E-state index in [0.29, 0.717) is 47.7 Å². The molecule has 3 N–H and O–H groups in total. The van der Waals surface area contributed by atoms with E-state index in [1.165, 1.54) is 0 Å². The lowest BCUT2D eigenvalue weighted by atomic mass is 10.2. The molecule has 1 atom stereocenters. The Morgan fingerprint density at radius 2 is 2.00 bits per heavy atom. The third-order valence-electron chi connectivity index (χ3n) is 4.45. The molecule has 1 aromatic heterocycles. The number of nitriles is 1. The number of benzene rings is 2. The molecule has 148 valence electrons. The molecule has 0 saturated heterocycles. The SMILES string of the molecule is COCC[NH+](CC(=O)Nc1ccc(C#N)cc1)Cc1nc2ccccc2c(=O)[nH]1. The molecule has 3 rings (SSSR count). The van der Waals surface area contributed by atoms with Crippen molar-refractivity contribution in [3.8, 4) is 6.07 Å². The van der Waals surface area contributed by atoms with Crippen molar-refractivity contribution in [2.45, 2.75) is 6.54 Å². The zero-order valence-electron chi connectivity index (χ0n) is 16.1. The molecule has 1 amide bonds. The highest BCUT2D eigenvalue weighted by Crippen LogP contribution is 2.08. The van der Waals surface area contributed by atoms with Gasteiger partial charge in [0.05, 0.1) is 29.1 Å². The Morgan fingerprint density at radius 1 is 1.24 bits per heavy atom. The van der Waals surface area contributed by atoms with Crippen LogP contribution in [0.15, 0.2) is 53.3 Å². The number of nitrogens with zero attached hydrogens (tertiary/aromatic N) is 2. The third-order valence-corrected chi connectivity index (χ3v) is 4.45. The molecule has 8 heteroatoms. The normalized spacial score (nSPS) is 11.7. The number of nitrogens with one attached hydrogen (secondary N) is 3. The van der Waals surface area contributed by atoms with E-state index in [1.807, 2.05) is 12.1 Å². The Morgan fingerprint density at radius 3 is 2.72 bits per heavy atom. The predicted molar refractivity (Wildman–Crippen MR) is 108 cm³/mol. The Labute approximate surface area is 167 Å². The quantitative estimate of drug-likeness (QED) is 0.516. The fourth-order valence-electron chi connectivity index (χ4n) is 3.00. The number of H-pyrrole nitrogens is 1. The van der Waals surface area contributed by atoms with Crippen LogP contribution in [0.4, 0.5) is 5.69 Å². The van der Waals surface area contributed by atoms with Crippen molar-refractivity contribution in [3.63, 3.8) is 0 Å². The van der Waals surface area contributed by atoms with Crippen LogP contribution < -0.4 is 15.8 Å². The number of rotatable bonds is 8. The smallest absolute Gasteiger partial charge is 0.279 e. The van der Waals surface area contributed by atoms with Crippen LogP contribution >= 0.6 is 0 Å². The molecule has 8 nitrogen and oxygen atoms in total. The van der Waals surface area contributed by atoms with E-state index in [1.54, 1.807) is 49.6 Å².